The molecule has 2 saturated heterocycles. The van der Waals surface area contributed by atoms with Gasteiger partial charge in [0.15, 0.2) is 0 Å². The Balaban J connectivity index is 0.946. The predicted molar refractivity (Wildman–Crippen MR) is 213 cm³/mol. The maximum Gasteiger partial charge on any atom is 0.407 e. The number of H-pyrrole nitrogens is 2. The van der Waals surface area contributed by atoms with Crippen molar-refractivity contribution in [2.75, 3.05) is 20.8 Å². The summed E-state index contributed by atoms with van der Waals surface area (Å²) >= 11 is 0. The molecule has 5 aliphatic rings. The topological polar surface area (TPSA) is 183 Å². The first-order valence-corrected chi connectivity index (χ1v) is 20.5. The van der Waals surface area contributed by atoms with E-state index in [1.54, 1.807) is 0 Å². The van der Waals surface area contributed by atoms with E-state index in [0.717, 1.165) is 79.1 Å². The van der Waals surface area contributed by atoms with Crippen molar-refractivity contribution in [2.45, 2.75) is 102 Å². The lowest BCUT2D eigenvalue weighted by molar-refractivity contribution is -0.135. The number of aromatic amines is 2. The Kier molecular flexibility index (Phi) is 10.7. The smallest absolute Gasteiger partial charge is 0.407 e. The van der Waals surface area contributed by atoms with E-state index >= 15 is 0 Å². The average molecular weight is 779 g/mol. The van der Waals surface area contributed by atoms with Gasteiger partial charge in [-0.3, -0.25) is 9.59 Å². The number of likely N-dealkylation sites (tertiary alicyclic amines) is 1. The molecule has 8 rings (SSSR count). The molecule has 57 heavy (non-hydrogen) atoms. The third-order valence-corrected chi connectivity index (χ3v) is 13.2. The summed E-state index contributed by atoms with van der Waals surface area (Å²) in [5, 5.41) is 8.63. The highest BCUT2D eigenvalue weighted by atomic mass is 16.5. The van der Waals surface area contributed by atoms with Crippen LogP contribution < -0.4 is 16.0 Å². The fourth-order valence-electron chi connectivity index (χ4n) is 10.1. The predicted octanol–water partition coefficient (Wildman–Crippen LogP) is 5.89. The zero-order chi connectivity index (χ0) is 40.0. The average Bonchev–Trinajstić information content (AvgIpc) is 4.04. The Morgan fingerprint density at radius 2 is 1.72 bits per heavy atom. The third-order valence-electron chi connectivity index (χ3n) is 13.2. The van der Waals surface area contributed by atoms with Crippen LogP contribution in [0.1, 0.15) is 106 Å². The van der Waals surface area contributed by atoms with Gasteiger partial charge in [-0.2, -0.15) is 0 Å². The molecule has 0 radical (unpaired) electrons. The van der Waals surface area contributed by atoms with Crippen molar-refractivity contribution >= 4 is 29.6 Å². The highest BCUT2D eigenvalue weighted by Gasteiger charge is 2.49. The summed E-state index contributed by atoms with van der Waals surface area (Å²) in [7, 11) is 2.61. The molecule has 3 aliphatic carbocycles. The Labute approximate surface area is 333 Å². The number of fused-ring (bicyclic) bond motifs is 4. The second kappa shape index (κ2) is 15.9. The number of carbonyl (C=O) groups is 4. The number of carbonyl (C=O) groups excluding carboxylic acids is 4. The van der Waals surface area contributed by atoms with Gasteiger partial charge >= 0.3 is 12.2 Å². The number of hydrogen-bond acceptors (Lipinski definition) is 8. The number of aryl methyl sites for hydroxylation is 1. The molecule has 0 spiro atoms. The minimum atomic E-state index is -0.676. The molecule has 4 unspecified atom stereocenters. The molecule has 14 heteroatoms. The van der Waals surface area contributed by atoms with Crippen molar-refractivity contribution in [3.63, 3.8) is 0 Å². The molecule has 1 aromatic carbocycles. The summed E-state index contributed by atoms with van der Waals surface area (Å²) in [4.78, 5) is 69.2. The standard InChI is InChI=1S/C43H54N8O6/c1-22(2)35(49-42(54)56-4)41(53)51-17-7-10-34(51)39-45-21-33(47-39)27-12-14-30-25(19-27)9-6-8-24-18-26(11-13-29(24)30)32-20-44-38(46-32)31-16-15-28-23(3)36(50-43(55)57-5)40(52)48-37(28)31/h11-14,18-23,25,28,30-31,34-37H,6-10,15-17H2,1-5H3,(H,44,46)(H,45,47)(H,48,52)(H,49,54)(H,50,55)/t23?,25?,28?,30?,31-,34-,35-,36-,37-/m0/s1. The Morgan fingerprint density at radius 3 is 2.51 bits per heavy atom. The van der Waals surface area contributed by atoms with Crippen molar-refractivity contribution < 1.29 is 28.7 Å². The molecule has 4 amide bonds. The van der Waals surface area contributed by atoms with Gasteiger partial charge in [0.05, 0.1) is 44.0 Å². The van der Waals surface area contributed by atoms with E-state index in [-0.39, 0.29) is 53.5 Å². The Bertz CT molecular complexity index is 2090. The molecular weight excluding hydrogens is 725 g/mol. The molecular formula is C43H54N8O6. The van der Waals surface area contributed by atoms with Crippen molar-refractivity contribution in [3.05, 3.63) is 77.3 Å². The number of piperidine rings is 1. The number of benzene rings is 1. The van der Waals surface area contributed by atoms with E-state index in [2.05, 4.69) is 62.3 Å². The SMILES string of the molecule is COC(=O)N[C@H](C(=O)N1CCC[C@H]1c1ncc(C2=CC3CCCc4cc(-c5cnc([C@H]6CCC7C(C)[C@H](NC(=O)OC)C(=O)N[C@@H]76)[nH]5)ccc4C3C=C2)[nH]1)C(C)C. The molecule has 2 aromatic heterocycles. The first-order valence-electron chi connectivity index (χ1n) is 20.5. The van der Waals surface area contributed by atoms with Gasteiger partial charge in [-0.1, -0.05) is 51.1 Å². The van der Waals surface area contributed by atoms with Crippen LogP contribution in [0.4, 0.5) is 9.59 Å². The highest BCUT2D eigenvalue weighted by molar-refractivity contribution is 5.87. The molecule has 0 bridgehead atoms. The monoisotopic (exact) mass is 778 g/mol. The molecule has 3 aromatic rings. The van der Waals surface area contributed by atoms with Gasteiger partial charge in [0.2, 0.25) is 11.8 Å². The number of alkyl carbamates (subject to hydrolysis) is 2. The van der Waals surface area contributed by atoms with Crippen LogP contribution in [0, 0.1) is 23.7 Å². The molecule has 302 valence electrons. The van der Waals surface area contributed by atoms with E-state index in [1.807, 2.05) is 38.1 Å². The van der Waals surface area contributed by atoms with Gasteiger partial charge in [-0.15, -0.1) is 0 Å². The summed E-state index contributed by atoms with van der Waals surface area (Å²) < 4.78 is 9.54. The zero-order valence-electron chi connectivity index (χ0n) is 33.3. The normalized spacial score (nSPS) is 28.4. The molecule has 9 atom stereocenters. The van der Waals surface area contributed by atoms with E-state index < -0.39 is 24.3 Å². The summed E-state index contributed by atoms with van der Waals surface area (Å²) in [6.45, 7) is 6.48. The number of nitrogens with zero attached hydrogens (tertiary/aromatic N) is 3. The Morgan fingerprint density at radius 1 is 0.947 bits per heavy atom. The van der Waals surface area contributed by atoms with Gasteiger partial charge in [-0.05, 0) is 96.9 Å². The number of amides is 4. The van der Waals surface area contributed by atoms with Gasteiger partial charge < -0.3 is 40.3 Å². The number of aromatic nitrogens is 4. The Hall–Kier alpha value is -5.40. The van der Waals surface area contributed by atoms with Crippen molar-refractivity contribution in [3.8, 4) is 11.3 Å². The van der Waals surface area contributed by atoms with E-state index in [0.29, 0.717) is 12.5 Å². The van der Waals surface area contributed by atoms with Gasteiger partial charge in [0.1, 0.15) is 23.7 Å². The second-order valence-corrected chi connectivity index (χ2v) is 16.7. The number of ether oxygens (including phenoxy) is 2. The summed E-state index contributed by atoms with van der Waals surface area (Å²) in [6.07, 6.45) is 16.1. The van der Waals surface area contributed by atoms with E-state index in [9.17, 15) is 19.2 Å². The number of hydrogen-bond donors (Lipinski definition) is 5. The van der Waals surface area contributed by atoms with Crippen LogP contribution in [0.15, 0.2) is 48.8 Å². The van der Waals surface area contributed by atoms with Gasteiger partial charge in [-0.25, -0.2) is 19.6 Å². The summed E-state index contributed by atoms with van der Waals surface area (Å²) in [6, 6.07) is 5.26. The summed E-state index contributed by atoms with van der Waals surface area (Å²) in [5.74, 6) is 2.15. The number of nitrogens with one attached hydrogen (secondary N) is 5. The molecule has 14 nitrogen and oxygen atoms in total. The first kappa shape index (κ1) is 38.5. The molecule has 4 heterocycles. The summed E-state index contributed by atoms with van der Waals surface area (Å²) in [5.41, 5.74) is 6.82. The fraction of sp³-hybridized carbons (Fsp3) is 0.535. The van der Waals surface area contributed by atoms with Crippen molar-refractivity contribution in [1.29, 1.82) is 0 Å². The van der Waals surface area contributed by atoms with Crippen LogP contribution in [0.5, 0.6) is 0 Å². The van der Waals surface area contributed by atoms with Crippen molar-refractivity contribution in [2.24, 2.45) is 23.7 Å². The van der Waals surface area contributed by atoms with E-state index in [4.69, 9.17) is 19.4 Å². The number of methoxy groups -OCH3 is 2. The quantitative estimate of drug-likeness (QED) is 0.188. The minimum Gasteiger partial charge on any atom is -0.453 e. The molecule has 1 saturated carbocycles. The second-order valence-electron chi connectivity index (χ2n) is 16.7. The van der Waals surface area contributed by atoms with Crippen LogP contribution in [0.2, 0.25) is 0 Å². The highest BCUT2D eigenvalue weighted by Crippen LogP contribution is 2.46. The maximum atomic E-state index is 13.6. The maximum absolute atomic E-state index is 13.6. The van der Waals surface area contributed by atoms with Crippen molar-refractivity contribution in [1.82, 2.24) is 40.8 Å². The van der Waals surface area contributed by atoms with Crippen LogP contribution in [-0.4, -0.2) is 87.7 Å². The fourth-order valence-corrected chi connectivity index (χ4v) is 10.1. The number of allylic oxidation sites excluding steroid dienone is 4. The molecule has 2 aliphatic heterocycles. The first-order chi connectivity index (χ1) is 27.5. The minimum absolute atomic E-state index is 0.0191. The van der Waals surface area contributed by atoms with Crippen LogP contribution in [-0.2, 0) is 25.5 Å². The lowest BCUT2D eigenvalue weighted by atomic mass is 9.78. The van der Waals surface area contributed by atoms with Crippen LogP contribution >= 0.6 is 0 Å². The lowest BCUT2D eigenvalue weighted by Gasteiger charge is -2.39. The molecule has 5 N–H and O–H groups in total. The largest absolute Gasteiger partial charge is 0.453 e. The van der Waals surface area contributed by atoms with E-state index in [1.165, 1.54) is 25.3 Å². The van der Waals surface area contributed by atoms with Crippen LogP contribution in [0.25, 0.3) is 16.8 Å². The third kappa shape index (κ3) is 7.34. The lowest BCUT2D eigenvalue weighted by Crippen LogP contribution is -2.61. The van der Waals surface area contributed by atoms with Crippen LogP contribution in [0.3, 0.4) is 0 Å². The number of rotatable bonds is 8. The zero-order valence-corrected chi connectivity index (χ0v) is 33.3. The molecule has 3 fully saturated rings. The number of imidazole rings is 2. The van der Waals surface area contributed by atoms with Gasteiger partial charge in [0, 0.05) is 24.4 Å². The van der Waals surface area contributed by atoms with Gasteiger partial charge in [0.25, 0.3) is 0 Å².